The number of aliphatic hydroxyl groups is 1. The van der Waals surface area contributed by atoms with Crippen molar-refractivity contribution in [2.24, 2.45) is 0 Å². The second kappa shape index (κ2) is 6.74. The number of halogens is 1. The summed E-state index contributed by atoms with van der Waals surface area (Å²) < 4.78 is 1.03. The lowest BCUT2D eigenvalue weighted by molar-refractivity contribution is 0.199. The van der Waals surface area contributed by atoms with Crippen LogP contribution in [0.15, 0.2) is 40.2 Å². The van der Waals surface area contributed by atoms with E-state index >= 15 is 0 Å². The molecule has 0 aliphatic rings. The first-order valence-corrected chi connectivity index (χ1v) is 8.43. The molecule has 2 aromatic rings. The zero-order chi connectivity index (χ0) is 14.7. The lowest BCUT2D eigenvalue weighted by Crippen LogP contribution is -2.30. The molecule has 0 spiro atoms. The van der Waals surface area contributed by atoms with E-state index in [0.717, 1.165) is 22.3 Å². The smallest absolute Gasteiger partial charge is 0.0762 e. The van der Waals surface area contributed by atoms with Gasteiger partial charge in [-0.05, 0) is 65.8 Å². The van der Waals surface area contributed by atoms with Crippen LogP contribution in [0, 0.1) is 0 Å². The lowest BCUT2D eigenvalue weighted by Gasteiger charge is -2.30. The van der Waals surface area contributed by atoms with E-state index in [1.165, 1.54) is 4.88 Å². The lowest BCUT2D eigenvalue weighted by atomic mass is 10.1. The van der Waals surface area contributed by atoms with E-state index in [-0.39, 0.29) is 0 Å². The van der Waals surface area contributed by atoms with Gasteiger partial charge in [0.15, 0.2) is 0 Å². The zero-order valence-electron chi connectivity index (χ0n) is 12.0. The van der Waals surface area contributed by atoms with Crippen LogP contribution in [0.25, 0.3) is 0 Å². The normalized spacial score (nSPS) is 12.7. The van der Waals surface area contributed by atoms with Gasteiger partial charge in [0.05, 0.1) is 18.3 Å². The number of benzene rings is 1. The standard InChI is InChI=1S/C16H20BrNOS/c1-11(2)18(10-14-5-4-8-20-14)16-7-6-13(12(3)19)9-15(16)17/h4-9,11-12,19H,10H2,1-3H3/t12-/m0/s1. The van der Waals surface area contributed by atoms with Gasteiger partial charge in [0.1, 0.15) is 0 Å². The van der Waals surface area contributed by atoms with Gasteiger partial charge in [-0.15, -0.1) is 11.3 Å². The molecule has 0 saturated heterocycles. The fourth-order valence-electron chi connectivity index (χ4n) is 2.13. The van der Waals surface area contributed by atoms with Crippen LogP contribution in [-0.4, -0.2) is 11.1 Å². The summed E-state index contributed by atoms with van der Waals surface area (Å²) in [5.74, 6) is 0. The summed E-state index contributed by atoms with van der Waals surface area (Å²) in [5.41, 5.74) is 2.10. The second-order valence-corrected chi connectivity index (χ2v) is 7.07. The molecule has 0 aliphatic heterocycles. The third-order valence-electron chi connectivity index (χ3n) is 3.29. The minimum Gasteiger partial charge on any atom is -0.389 e. The van der Waals surface area contributed by atoms with Crippen LogP contribution in [0.2, 0.25) is 0 Å². The van der Waals surface area contributed by atoms with E-state index in [9.17, 15) is 5.11 Å². The van der Waals surface area contributed by atoms with Crippen molar-refractivity contribution in [3.05, 3.63) is 50.6 Å². The molecule has 0 aliphatic carbocycles. The number of hydrogen-bond donors (Lipinski definition) is 1. The molecule has 4 heteroatoms. The summed E-state index contributed by atoms with van der Waals surface area (Å²) in [6, 6.07) is 10.7. The predicted octanol–water partition coefficient (Wildman–Crippen LogP) is 4.98. The largest absolute Gasteiger partial charge is 0.389 e. The Balaban J connectivity index is 2.30. The summed E-state index contributed by atoms with van der Waals surface area (Å²) in [6.45, 7) is 7.08. The highest BCUT2D eigenvalue weighted by molar-refractivity contribution is 9.10. The zero-order valence-corrected chi connectivity index (χ0v) is 14.4. The van der Waals surface area contributed by atoms with Crippen molar-refractivity contribution in [3.8, 4) is 0 Å². The van der Waals surface area contributed by atoms with Crippen LogP contribution in [0.1, 0.15) is 37.3 Å². The van der Waals surface area contributed by atoms with Gasteiger partial charge < -0.3 is 10.0 Å². The van der Waals surface area contributed by atoms with Crippen LogP contribution in [0.4, 0.5) is 5.69 Å². The third-order valence-corrected chi connectivity index (χ3v) is 4.79. The molecular formula is C16H20BrNOS. The van der Waals surface area contributed by atoms with Crippen LogP contribution in [0.3, 0.4) is 0 Å². The fraction of sp³-hybridized carbons (Fsp3) is 0.375. The minimum absolute atomic E-state index is 0.408. The van der Waals surface area contributed by atoms with Gasteiger partial charge in [-0.2, -0.15) is 0 Å². The number of aliphatic hydroxyl groups excluding tert-OH is 1. The monoisotopic (exact) mass is 353 g/mol. The first-order chi connectivity index (χ1) is 9.49. The Hall–Kier alpha value is -0.840. The highest BCUT2D eigenvalue weighted by Gasteiger charge is 2.15. The molecule has 1 aromatic heterocycles. The molecule has 2 rings (SSSR count). The van der Waals surface area contributed by atoms with Crippen molar-refractivity contribution >= 4 is 33.0 Å². The quantitative estimate of drug-likeness (QED) is 0.819. The van der Waals surface area contributed by atoms with Crippen molar-refractivity contribution in [1.29, 1.82) is 0 Å². The van der Waals surface area contributed by atoms with Gasteiger partial charge >= 0.3 is 0 Å². The first-order valence-electron chi connectivity index (χ1n) is 6.75. The molecule has 1 atom stereocenters. The molecule has 0 saturated carbocycles. The number of anilines is 1. The third kappa shape index (κ3) is 3.62. The van der Waals surface area contributed by atoms with Crippen molar-refractivity contribution in [1.82, 2.24) is 0 Å². The van der Waals surface area contributed by atoms with E-state index in [4.69, 9.17) is 0 Å². The fourth-order valence-corrected chi connectivity index (χ4v) is 3.46. The molecule has 0 amide bonds. The maximum absolute atomic E-state index is 9.66. The molecule has 1 heterocycles. The number of rotatable bonds is 5. The Labute approximate surface area is 133 Å². The summed E-state index contributed by atoms with van der Waals surface area (Å²) in [6.07, 6.45) is -0.440. The summed E-state index contributed by atoms with van der Waals surface area (Å²) in [7, 11) is 0. The highest BCUT2D eigenvalue weighted by Crippen LogP contribution is 2.32. The second-order valence-electron chi connectivity index (χ2n) is 5.19. The van der Waals surface area contributed by atoms with Gasteiger partial charge in [0.25, 0.3) is 0 Å². The van der Waals surface area contributed by atoms with Crippen molar-refractivity contribution < 1.29 is 5.11 Å². The Morgan fingerprint density at radius 2 is 2.00 bits per heavy atom. The van der Waals surface area contributed by atoms with Gasteiger partial charge in [0.2, 0.25) is 0 Å². The molecule has 2 nitrogen and oxygen atoms in total. The Morgan fingerprint density at radius 3 is 2.50 bits per heavy atom. The van der Waals surface area contributed by atoms with E-state index in [2.05, 4.69) is 58.3 Å². The van der Waals surface area contributed by atoms with E-state index in [0.29, 0.717) is 6.04 Å². The van der Waals surface area contributed by atoms with Gasteiger partial charge in [-0.25, -0.2) is 0 Å². The van der Waals surface area contributed by atoms with Crippen molar-refractivity contribution in [3.63, 3.8) is 0 Å². The minimum atomic E-state index is -0.440. The van der Waals surface area contributed by atoms with Crippen LogP contribution in [-0.2, 0) is 6.54 Å². The highest BCUT2D eigenvalue weighted by atomic mass is 79.9. The molecule has 108 valence electrons. The van der Waals surface area contributed by atoms with E-state index < -0.39 is 6.10 Å². The van der Waals surface area contributed by atoms with Crippen LogP contribution < -0.4 is 4.90 Å². The average molecular weight is 354 g/mol. The number of nitrogens with zero attached hydrogens (tertiary/aromatic N) is 1. The Morgan fingerprint density at radius 1 is 1.25 bits per heavy atom. The van der Waals surface area contributed by atoms with Crippen LogP contribution >= 0.6 is 27.3 Å². The number of thiophene rings is 1. The van der Waals surface area contributed by atoms with Crippen molar-refractivity contribution in [2.45, 2.75) is 39.5 Å². The van der Waals surface area contributed by atoms with E-state index in [1.54, 1.807) is 18.3 Å². The summed E-state index contributed by atoms with van der Waals surface area (Å²) in [5, 5.41) is 11.8. The molecule has 20 heavy (non-hydrogen) atoms. The van der Waals surface area contributed by atoms with Gasteiger partial charge in [0, 0.05) is 15.4 Å². The predicted molar refractivity (Wildman–Crippen MR) is 90.4 cm³/mol. The van der Waals surface area contributed by atoms with Gasteiger partial charge in [-0.3, -0.25) is 0 Å². The first kappa shape index (κ1) is 15.5. The maximum atomic E-state index is 9.66. The Bertz CT molecular complexity index is 552. The average Bonchev–Trinajstić information content (AvgIpc) is 2.89. The SMILES string of the molecule is CC(C)N(Cc1cccs1)c1ccc([C@H](C)O)cc1Br. The van der Waals surface area contributed by atoms with E-state index in [1.807, 2.05) is 12.1 Å². The topological polar surface area (TPSA) is 23.5 Å². The maximum Gasteiger partial charge on any atom is 0.0762 e. The summed E-state index contributed by atoms with van der Waals surface area (Å²) >= 11 is 5.42. The molecule has 1 aromatic carbocycles. The molecule has 0 radical (unpaired) electrons. The molecule has 1 N–H and O–H groups in total. The molecule has 0 unspecified atom stereocenters. The molecule has 0 bridgehead atoms. The number of hydrogen-bond acceptors (Lipinski definition) is 3. The Kier molecular flexibility index (Phi) is 5.24. The molecular weight excluding hydrogens is 334 g/mol. The van der Waals surface area contributed by atoms with Crippen molar-refractivity contribution in [2.75, 3.05) is 4.90 Å². The van der Waals surface area contributed by atoms with Gasteiger partial charge in [-0.1, -0.05) is 12.1 Å². The van der Waals surface area contributed by atoms with Crippen LogP contribution in [0.5, 0.6) is 0 Å². The molecule has 0 fully saturated rings. The summed E-state index contributed by atoms with van der Waals surface area (Å²) in [4.78, 5) is 3.71.